The van der Waals surface area contributed by atoms with Gasteiger partial charge in [-0.25, -0.2) is 14.4 Å². The molecule has 2 aliphatic heterocycles. The number of aryl methyl sites for hydroxylation is 1. The van der Waals surface area contributed by atoms with E-state index < -0.39 is 0 Å². The van der Waals surface area contributed by atoms with Crippen molar-refractivity contribution in [3.05, 3.63) is 70.4 Å². The maximum absolute atomic E-state index is 13.8. The standard InChI is InChI=1S/C31H28FN5O3/c1-18-26(32)11-12-27(33-18)25-17-35(34-30(25)21-8-9-21)23-14-20(15-23)6-5-19-7-10-24-22(13-19)16-36(31(24)40)37-28(38)3-2-4-29(37)39/h7,10-13,17,20-21,23H,2-4,8-9,14-16H2,1H3/t20-,23-. The van der Waals surface area contributed by atoms with Gasteiger partial charge in [0.15, 0.2) is 0 Å². The molecule has 0 atom stereocenters. The molecule has 3 aromatic rings. The number of carbonyl (C=O) groups excluding carboxylic acids is 3. The van der Waals surface area contributed by atoms with Crippen LogP contribution in [0.4, 0.5) is 4.39 Å². The summed E-state index contributed by atoms with van der Waals surface area (Å²) in [5.41, 5.74) is 5.30. The second-order valence-corrected chi connectivity index (χ2v) is 11.2. The molecule has 0 radical (unpaired) electrons. The van der Waals surface area contributed by atoms with E-state index in [-0.39, 0.29) is 54.9 Å². The fourth-order valence-electron chi connectivity index (χ4n) is 5.81. The number of nitrogens with zero attached hydrogens (tertiary/aromatic N) is 5. The fraction of sp³-hybridized carbons (Fsp3) is 0.387. The first-order valence-electron chi connectivity index (χ1n) is 13.9. The quantitative estimate of drug-likeness (QED) is 0.356. The Morgan fingerprint density at radius 1 is 1.00 bits per heavy atom. The average Bonchev–Trinajstić information content (AvgIpc) is 3.59. The predicted molar refractivity (Wildman–Crippen MR) is 143 cm³/mol. The first-order chi connectivity index (χ1) is 19.4. The van der Waals surface area contributed by atoms with Crippen molar-refractivity contribution >= 4 is 17.7 Å². The topological polar surface area (TPSA) is 88.4 Å². The number of fused-ring (bicyclic) bond motifs is 1. The zero-order chi connectivity index (χ0) is 27.5. The molecule has 202 valence electrons. The first-order valence-corrected chi connectivity index (χ1v) is 13.9. The molecule has 0 N–H and O–H groups in total. The summed E-state index contributed by atoms with van der Waals surface area (Å²) >= 11 is 0. The third kappa shape index (κ3) is 4.28. The minimum absolute atomic E-state index is 0.195. The Morgan fingerprint density at radius 2 is 1.77 bits per heavy atom. The summed E-state index contributed by atoms with van der Waals surface area (Å²) in [5.74, 6) is 6.04. The molecule has 0 unspecified atom stereocenters. The van der Waals surface area contributed by atoms with Gasteiger partial charge in [-0.1, -0.05) is 11.8 Å². The maximum atomic E-state index is 13.8. The number of aromatic nitrogens is 3. The summed E-state index contributed by atoms with van der Waals surface area (Å²) in [5, 5.41) is 7.21. The molecule has 40 heavy (non-hydrogen) atoms. The molecular formula is C31H28FN5O3. The Morgan fingerprint density at radius 3 is 2.50 bits per heavy atom. The van der Waals surface area contributed by atoms with Gasteiger partial charge in [0.1, 0.15) is 5.82 Å². The Bertz CT molecular complexity index is 1620. The minimum Gasteiger partial charge on any atom is -0.273 e. The van der Waals surface area contributed by atoms with E-state index in [1.165, 1.54) is 11.1 Å². The highest BCUT2D eigenvalue weighted by molar-refractivity contribution is 6.04. The van der Waals surface area contributed by atoms with Crippen LogP contribution in [0.3, 0.4) is 0 Å². The number of piperidine rings is 1. The number of benzene rings is 1. The van der Waals surface area contributed by atoms with E-state index in [0.717, 1.165) is 58.8 Å². The molecular weight excluding hydrogens is 509 g/mol. The van der Waals surface area contributed by atoms with Crippen molar-refractivity contribution in [3.8, 4) is 23.1 Å². The number of hydrogen-bond acceptors (Lipinski definition) is 5. The molecule has 9 heteroatoms. The van der Waals surface area contributed by atoms with E-state index in [4.69, 9.17) is 5.10 Å². The lowest BCUT2D eigenvalue weighted by Crippen LogP contribution is -2.51. The number of hydrogen-bond donors (Lipinski definition) is 0. The van der Waals surface area contributed by atoms with Crippen molar-refractivity contribution in [2.75, 3.05) is 0 Å². The molecule has 1 saturated heterocycles. The van der Waals surface area contributed by atoms with Crippen LogP contribution in [0, 0.1) is 30.5 Å². The van der Waals surface area contributed by atoms with Crippen LogP contribution >= 0.6 is 0 Å². The van der Waals surface area contributed by atoms with Gasteiger partial charge in [-0.05, 0) is 74.9 Å². The van der Waals surface area contributed by atoms with Crippen LogP contribution in [0.15, 0.2) is 36.5 Å². The molecule has 1 aromatic carbocycles. The molecule has 4 heterocycles. The van der Waals surface area contributed by atoms with Crippen LogP contribution in [-0.2, 0) is 16.1 Å². The van der Waals surface area contributed by atoms with Gasteiger partial charge in [0.25, 0.3) is 5.91 Å². The summed E-state index contributed by atoms with van der Waals surface area (Å²) in [6.07, 6.45) is 7.16. The van der Waals surface area contributed by atoms with E-state index in [1.54, 1.807) is 19.1 Å². The van der Waals surface area contributed by atoms with Crippen molar-refractivity contribution < 1.29 is 18.8 Å². The number of amides is 3. The van der Waals surface area contributed by atoms with Crippen LogP contribution in [0.2, 0.25) is 0 Å². The molecule has 2 saturated carbocycles. The van der Waals surface area contributed by atoms with Crippen molar-refractivity contribution in [2.24, 2.45) is 5.92 Å². The highest BCUT2D eigenvalue weighted by Gasteiger charge is 2.39. The number of hydrazine groups is 1. The molecule has 7 rings (SSSR count). The van der Waals surface area contributed by atoms with Crippen LogP contribution in [0.5, 0.6) is 0 Å². The Hall–Kier alpha value is -4.32. The third-order valence-corrected chi connectivity index (χ3v) is 8.32. The third-order valence-electron chi connectivity index (χ3n) is 8.32. The summed E-state index contributed by atoms with van der Waals surface area (Å²) in [6.45, 7) is 1.88. The van der Waals surface area contributed by atoms with Gasteiger partial charge in [0.2, 0.25) is 11.8 Å². The van der Waals surface area contributed by atoms with E-state index in [1.807, 2.05) is 16.8 Å². The lowest BCUT2D eigenvalue weighted by molar-refractivity contribution is -0.163. The van der Waals surface area contributed by atoms with Gasteiger partial charge in [-0.2, -0.15) is 10.1 Å². The van der Waals surface area contributed by atoms with E-state index >= 15 is 0 Å². The average molecular weight is 538 g/mol. The lowest BCUT2D eigenvalue weighted by Gasteiger charge is -2.32. The molecule has 3 fully saturated rings. The Balaban J connectivity index is 1.03. The largest absolute Gasteiger partial charge is 0.273 e. The highest BCUT2D eigenvalue weighted by Crippen LogP contribution is 2.45. The number of halogens is 1. The smallest absolute Gasteiger partial charge is 0.273 e. The number of carbonyl (C=O) groups is 3. The number of rotatable bonds is 4. The zero-order valence-electron chi connectivity index (χ0n) is 22.2. The van der Waals surface area contributed by atoms with Gasteiger partial charge in [0.05, 0.1) is 29.7 Å². The molecule has 0 bridgehead atoms. The maximum Gasteiger partial charge on any atom is 0.273 e. The van der Waals surface area contributed by atoms with Gasteiger partial charge >= 0.3 is 0 Å². The SMILES string of the molecule is Cc1nc(-c2cn([C@H]3C[C@H](C#Cc4ccc5c(c4)CN(N4C(=O)CCCC4=O)C5=O)C3)nc2C2CC2)ccc1F. The van der Waals surface area contributed by atoms with Gasteiger partial charge in [-0.15, -0.1) is 0 Å². The normalized spacial score (nSPS) is 22.2. The summed E-state index contributed by atoms with van der Waals surface area (Å²) in [7, 11) is 0. The second kappa shape index (κ2) is 9.40. The number of imide groups is 1. The van der Waals surface area contributed by atoms with E-state index in [0.29, 0.717) is 23.6 Å². The van der Waals surface area contributed by atoms with E-state index in [2.05, 4.69) is 23.0 Å². The highest BCUT2D eigenvalue weighted by atomic mass is 19.1. The van der Waals surface area contributed by atoms with Crippen molar-refractivity contribution in [1.82, 2.24) is 24.8 Å². The Labute approximate surface area is 231 Å². The van der Waals surface area contributed by atoms with Gasteiger partial charge in [-0.3, -0.25) is 19.1 Å². The lowest BCUT2D eigenvalue weighted by atomic mass is 9.80. The molecule has 2 aromatic heterocycles. The molecule has 3 amide bonds. The number of pyridine rings is 1. The van der Waals surface area contributed by atoms with Crippen LogP contribution in [0.25, 0.3) is 11.3 Å². The summed E-state index contributed by atoms with van der Waals surface area (Å²) in [6, 6.07) is 8.91. The summed E-state index contributed by atoms with van der Waals surface area (Å²) < 4.78 is 15.8. The van der Waals surface area contributed by atoms with Crippen LogP contribution in [0.1, 0.15) is 89.8 Å². The molecule has 0 spiro atoms. The molecule has 8 nitrogen and oxygen atoms in total. The van der Waals surface area contributed by atoms with Crippen molar-refractivity contribution in [1.29, 1.82) is 0 Å². The first kappa shape index (κ1) is 24.7. The van der Waals surface area contributed by atoms with Crippen molar-refractivity contribution in [3.63, 3.8) is 0 Å². The van der Waals surface area contributed by atoms with Crippen LogP contribution in [-0.4, -0.2) is 42.5 Å². The van der Waals surface area contributed by atoms with E-state index in [9.17, 15) is 18.8 Å². The second-order valence-electron chi connectivity index (χ2n) is 11.2. The molecule has 4 aliphatic rings. The van der Waals surface area contributed by atoms with Crippen LogP contribution < -0.4 is 0 Å². The van der Waals surface area contributed by atoms with Gasteiger partial charge in [0, 0.05) is 47.6 Å². The monoisotopic (exact) mass is 537 g/mol. The van der Waals surface area contributed by atoms with Crippen molar-refractivity contribution in [2.45, 2.75) is 70.4 Å². The summed E-state index contributed by atoms with van der Waals surface area (Å²) in [4.78, 5) is 42.0. The predicted octanol–water partition coefficient (Wildman–Crippen LogP) is 4.68. The fourth-order valence-corrected chi connectivity index (χ4v) is 5.81. The minimum atomic E-state index is -0.324. The molecule has 2 aliphatic carbocycles. The zero-order valence-corrected chi connectivity index (χ0v) is 22.2. The Kier molecular flexibility index (Phi) is 5.81. The van der Waals surface area contributed by atoms with Gasteiger partial charge < -0.3 is 0 Å².